The molecule has 1 N–H and O–H groups in total. The highest BCUT2D eigenvalue weighted by molar-refractivity contribution is 9.10. The van der Waals surface area contributed by atoms with Crippen LogP contribution in [0.1, 0.15) is 17.3 Å². The lowest BCUT2D eigenvalue weighted by Crippen LogP contribution is -2.49. The molecule has 94 valence electrons. The zero-order valence-electron chi connectivity index (χ0n) is 9.07. The van der Waals surface area contributed by atoms with Crippen LogP contribution >= 0.6 is 47.8 Å². The molecular weight excluding hydrogens is 421 g/mol. The van der Waals surface area contributed by atoms with Gasteiger partial charge in [-0.2, -0.15) is 0 Å². The summed E-state index contributed by atoms with van der Waals surface area (Å²) >= 11 is 9.82. The molecule has 0 bridgehead atoms. The summed E-state index contributed by atoms with van der Waals surface area (Å²) in [5.41, 5.74) is -0.111. The van der Waals surface area contributed by atoms with Gasteiger partial charge in [0, 0.05) is 20.7 Å². The number of carbonyl (C=O) groups excluding carboxylic acids is 1. The molecule has 0 aliphatic heterocycles. The number of carbonyl (C=O) groups is 1. The van der Waals surface area contributed by atoms with Gasteiger partial charge in [0.15, 0.2) is 0 Å². The first-order valence-corrected chi connectivity index (χ1v) is 7.84. The van der Waals surface area contributed by atoms with Crippen molar-refractivity contribution in [2.45, 2.75) is 12.5 Å². The molecule has 1 aromatic carbocycles. The molecule has 0 fully saturated rings. The Labute approximate surface area is 125 Å². The summed E-state index contributed by atoms with van der Waals surface area (Å²) in [6.45, 7) is 1.89. The minimum Gasteiger partial charge on any atom is -0.345 e. The Morgan fingerprint density at radius 1 is 1.35 bits per heavy atom. The monoisotopic (exact) mass is 429 g/mol. The molecule has 0 atom stereocenters. The van der Waals surface area contributed by atoms with Crippen LogP contribution in [0.5, 0.6) is 0 Å². The predicted octanol–water partition coefficient (Wildman–Crippen LogP) is 3.87. The van der Waals surface area contributed by atoms with Crippen LogP contribution in [0.4, 0.5) is 4.39 Å². The second-order valence-electron chi connectivity index (χ2n) is 3.94. The molecule has 0 aliphatic rings. The van der Waals surface area contributed by atoms with Gasteiger partial charge >= 0.3 is 0 Å². The van der Waals surface area contributed by atoms with Crippen molar-refractivity contribution >= 4 is 53.7 Å². The Morgan fingerprint density at radius 3 is 2.41 bits per heavy atom. The third-order valence-corrected chi connectivity index (χ3v) is 5.06. The molecule has 0 aromatic heterocycles. The van der Waals surface area contributed by atoms with Crippen LogP contribution in [-0.2, 0) is 0 Å². The van der Waals surface area contributed by atoms with Gasteiger partial charge in [-0.3, -0.25) is 4.79 Å². The number of alkyl halides is 2. The van der Waals surface area contributed by atoms with E-state index in [0.29, 0.717) is 20.7 Å². The molecule has 0 unspecified atom stereocenters. The first-order chi connectivity index (χ1) is 7.90. The third kappa shape index (κ3) is 4.34. The summed E-state index contributed by atoms with van der Waals surface area (Å²) < 4.78 is 13.7. The first-order valence-electron chi connectivity index (χ1n) is 4.81. The third-order valence-electron chi connectivity index (χ3n) is 2.13. The van der Waals surface area contributed by atoms with E-state index in [-0.39, 0.29) is 5.91 Å². The van der Waals surface area contributed by atoms with Crippen LogP contribution in [0.15, 0.2) is 22.7 Å². The van der Waals surface area contributed by atoms with Crippen LogP contribution in [-0.4, -0.2) is 22.1 Å². The molecule has 0 aliphatic carbocycles. The minimum atomic E-state index is -0.441. The highest BCUT2D eigenvalue weighted by Gasteiger charge is 2.24. The first kappa shape index (κ1) is 15.1. The van der Waals surface area contributed by atoms with Gasteiger partial charge < -0.3 is 5.32 Å². The Balaban J connectivity index is 2.90. The fourth-order valence-corrected chi connectivity index (χ4v) is 2.81. The van der Waals surface area contributed by atoms with Gasteiger partial charge in [0.2, 0.25) is 0 Å². The van der Waals surface area contributed by atoms with Gasteiger partial charge in [-0.25, -0.2) is 4.39 Å². The standard InChI is InChI=1S/C11H11Br3FNO/c1-11(5-12,6-13)16-10(17)7-2-8(14)4-9(15)3-7/h2-4H,5-6H2,1H3,(H,16,17). The number of nitrogens with one attached hydrogen (secondary N) is 1. The lowest BCUT2D eigenvalue weighted by molar-refractivity contribution is 0.0922. The van der Waals surface area contributed by atoms with Crippen molar-refractivity contribution in [2.75, 3.05) is 10.7 Å². The number of hydrogen-bond donors (Lipinski definition) is 1. The normalized spacial score (nSPS) is 11.4. The van der Waals surface area contributed by atoms with Crippen LogP contribution in [0.2, 0.25) is 0 Å². The van der Waals surface area contributed by atoms with E-state index in [1.54, 1.807) is 6.07 Å². The molecule has 0 spiro atoms. The molecule has 0 heterocycles. The maximum atomic E-state index is 13.2. The van der Waals surface area contributed by atoms with Gasteiger partial charge in [0.1, 0.15) is 5.82 Å². The highest BCUT2D eigenvalue weighted by atomic mass is 79.9. The lowest BCUT2D eigenvalue weighted by atomic mass is 10.1. The van der Waals surface area contributed by atoms with Crippen molar-refractivity contribution in [3.63, 3.8) is 0 Å². The summed E-state index contributed by atoms with van der Waals surface area (Å²) in [4.78, 5) is 11.9. The Morgan fingerprint density at radius 2 is 1.94 bits per heavy atom. The summed E-state index contributed by atoms with van der Waals surface area (Å²) in [6, 6.07) is 4.11. The molecular formula is C11H11Br3FNO. The zero-order valence-corrected chi connectivity index (χ0v) is 13.8. The molecule has 1 amide bonds. The number of amides is 1. The molecule has 2 nitrogen and oxygen atoms in total. The summed E-state index contributed by atoms with van der Waals surface area (Å²) in [5, 5.41) is 4.05. The van der Waals surface area contributed by atoms with Gasteiger partial charge in [0.25, 0.3) is 5.91 Å². The van der Waals surface area contributed by atoms with E-state index in [1.807, 2.05) is 6.92 Å². The van der Waals surface area contributed by atoms with E-state index in [4.69, 9.17) is 0 Å². The number of rotatable bonds is 4. The maximum Gasteiger partial charge on any atom is 0.251 e. The van der Waals surface area contributed by atoms with Crippen molar-refractivity contribution in [1.29, 1.82) is 0 Å². The van der Waals surface area contributed by atoms with E-state index in [2.05, 4.69) is 53.1 Å². The smallest absolute Gasteiger partial charge is 0.251 e. The summed E-state index contributed by atoms with van der Waals surface area (Å²) in [5.74, 6) is -0.740. The molecule has 0 saturated heterocycles. The summed E-state index contributed by atoms with van der Waals surface area (Å²) in [7, 11) is 0. The Bertz CT molecular complexity index is 401. The lowest BCUT2D eigenvalue weighted by Gasteiger charge is -2.26. The van der Waals surface area contributed by atoms with Gasteiger partial charge in [-0.15, -0.1) is 0 Å². The van der Waals surface area contributed by atoms with E-state index in [0.717, 1.165) is 0 Å². The number of hydrogen-bond acceptors (Lipinski definition) is 1. The van der Waals surface area contributed by atoms with Crippen LogP contribution in [0, 0.1) is 5.82 Å². The highest BCUT2D eigenvalue weighted by Crippen LogP contribution is 2.17. The molecule has 0 saturated carbocycles. The fourth-order valence-electron chi connectivity index (χ4n) is 1.13. The largest absolute Gasteiger partial charge is 0.345 e. The quantitative estimate of drug-likeness (QED) is 0.720. The predicted molar refractivity (Wildman–Crippen MR) is 77.6 cm³/mol. The van der Waals surface area contributed by atoms with Crippen molar-refractivity contribution in [1.82, 2.24) is 5.32 Å². The van der Waals surface area contributed by atoms with Crippen molar-refractivity contribution in [3.05, 3.63) is 34.1 Å². The van der Waals surface area contributed by atoms with Crippen molar-refractivity contribution < 1.29 is 9.18 Å². The summed E-state index contributed by atoms with van der Waals surface area (Å²) in [6.07, 6.45) is 0. The van der Waals surface area contributed by atoms with E-state index in [9.17, 15) is 9.18 Å². The topological polar surface area (TPSA) is 29.1 Å². The number of benzene rings is 1. The van der Waals surface area contributed by atoms with Crippen LogP contribution < -0.4 is 5.32 Å². The van der Waals surface area contributed by atoms with E-state index in [1.165, 1.54) is 12.1 Å². The van der Waals surface area contributed by atoms with Crippen molar-refractivity contribution in [2.24, 2.45) is 0 Å². The van der Waals surface area contributed by atoms with Crippen LogP contribution in [0.3, 0.4) is 0 Å². The molecule has 1 rings (SSSR count). The van der Waals surface area contributed by atoms with E-state index < -0.39 is 11.4 Å². The van der Waals surface area contributed by atoms with Crippen LogP contribution in [0.25, 0.3) is 0 Å². The second kappa shape index (κ2) is 6.29. The van der Waals surface area contributed by atoms with Gasteiger partial charge in [-0.05, 0) is 25.1 Å². The molecule has 17 heavy (non-hydrogen) atoms. The van der Waals surface area contributed by atoms with E-state index >= 15 is 0 Å². The molecule has 6 heteroatoms. The maximum absolute atomic E-state index is 13.2. The average molecular weight is 432 g/mol. The number of halogens is 4. The van der Waals surface area contributed by atoms with Crippen molar-refractivity contribution in [3.8, 4) is 0 Å². The average Bonchev–Trinajstić information content (AvgIpc) is 2.27. The molecule has 0 radical (unpaired) electrons. The van der Waals surface area contributed by atoms with Gasteiger partial charge in [-0.1, -0.05) is 47.8 Å². The zero-order chi connectivity index (χ0) is 13.1. The Kier molecular flexibility index (Phi) is 5.60. The Hall–Kier alpha value is 0.0600. The minimum absolute atomic E-state index is 0.296. The van der Waals surface area contributed by atoms with Gasteiger partial charge in [0.05, 0.1) is 5.54 Å². The molecule has 1 aromatic rings. The SMILES string of the molecule is CC(CBr)(CBr)NC(=O)c1cc(F)cc(Br)c1. The second-order valence-corrected chi connectivity index (χ2v) is 5.98. The fraction of sp³-hybridized carbons (Fsp3) is 0.364.